The van der Waals surface area contributed by atoms with Gasteiger partial charge in [-0.2, -0.15) is 0 Å². The maximum atomic E-state index is 8.53. The third-order valence-corrected chi connectivity index (χ3v) is 5.10. The van der Waals surface area contributed by atoms with Crippen molar-refractivity contribution in [2.45, 2.75) is 77.5 Å². The van der Waals surface area contributed by atoms with Gasteiger partial charge in [-0.05, 0) is 25.7 Å². The van der Waals surface area contributed by atoms with Crippen molar-refractivity contribution in [3.8, 4) is 0 Å². The summed E-state index contributed by atoms with van der Waals surface area (Å²) in [5.74, 6) is 2.42. The zero-order valence-corrected chi connectivity index (χ0v) is 21.3. The molecule has 0 saturated heterocycles. The van der Waals surface area contributed by atoms with E-state index in [1.165, 1.54) is 0 Å². The van der Waals surface area contributed by atoms with E-state index in [0.717, 1.165) is 25.7 Å². The standard InChI is InChI=1S/2C10H16N2O2.2O.Re/c2*1-3-7-5-13-9(11-7)10-12-8(4-2)6-14-10;;;/h2*7-8H,3-6H2,1-2H3;;;/t2*7-,8-;;;/m00.../s1. The summed E-state index contributed by atoms with van der Waals surface area (Å²) >= 11 is -2.17. The Morgan fingerprint density at radius 1 is 0.581 bits per heavy atom. The molecule has 0 amide bonds. The van der Waals surface area contributed by atoms with Gasteiger partial charge in [-0.1, -0.05) is 27.7 Å². The van der Waals surface area contributed by atoms with E-state index in [0.29, 0.717) is 50.0 Å². The Bertz CT molecular complexity index is 636. The molecule has 4 heterocycles. The SMILES string of the molecule is CC[C@H]1COC(C2=N[C@@H](CC)CO2)=N1.CC[C@H]1COC(C2=N[C@@H](CC)CO2)=N1.[O]=[Re]=[O]. The summed E-state index contributed by atoms with van der Waals surface area (Å²) in [6.07, 6.45) is 4.03. The van der Waals surface area contributed by atoms with Gasteiger partial charge in [0.1, 0.15) is 26.4 Å². The second-order valence-corrected chi connectivity index (χ2v) is 7.74. The van der Waals surface area contributed by atoms with Gasteiger partial charge < -0.3 is 18.9 Å². The number of aliphatic imine (C=N–C) groups is 4. The maximum absolute atomic E-state index is 8.53. The Kier molecular flexibility index (Phi) is 11.1. The zero-order chi connectivity index (χ0) is 22.6. The molecule has 0 bridgehead atoms. The van der Waals surface area contributed by atoms with E-state index < -0.39 is 17.9 Å². The van der Waals surface area contributed by atoms with Gasteiger partial charge >= 0.3 is 24.8 Å². The second kappa shape index (κ2) is 13.5. The van der Waals surface area contributed by atoms with Crippen molar-refractivity contribution in [1.82, 2.24) is 0 Å². The van der Waals surface area contributed by atoms with Crippen LogP contribution in [0.1, 0.15) is 53.4 Å². The van der Waals surface area contributed by atoms with E-state index in [1.54, 1.807) is 0 Å². The minimum absolute atomic E-state index is 0.289. The second-order valence-electron chi connectivity index (χ2n) is 7.29. The monoisotopic (exact) mass is 611 g/mol. The molecule has 4 atom stereocenters. The Balaban J connectivity index is 0.000000196. The fraction of sp³-hybridized carbons (Fsp3) is 0.800. The molecule has 4 aliphatic heterocycles. The molecule has 4 aliphatic rings. The van der Waals surface area contributed by atoms with Crippen LogP contribution in [-0.4, -0.2) is 74.2 Å². The molecule has 0 aromatic carbocycles. The summed E-state index contributed by atoms with van der Waals surface area (Å²) in [7, 11) is 0. The van der Waals surface area contributed by atoms with Crippen LogP contribution in [0.5, 0.6) is 0 Å². The average molecular weight is 611 g/mol. The van der Waals surface area contributed by atoms with Crippen LogP contribution in [-0.2, 0) is 43.8 Å². The van der Waals surface area contributed by atoms with Crippen LogP contribution in [0.25, 0.3) is 0 Å². The van der Waals surface area contributed by atoms with Crippen LogP contribution in [0.15, 0.2) is 20.0 Å². The number of ether oxygens (including phenoxy) is 4. The molecule has 10 nitrogen and oxygen atoms in total. The molecule has 0 unspecified atom stereocenters. The molecule has 0 radical (unpaired) electrons. The number of hydrogen-bond donors (Lipinski definition) is 0. The first-order valence-corrected chi connectivity index (χ1v) is 13.0. The third kappa shape index (κ3) is 7.65. The van der Waals surface area contributed by atoms with Crippen molar-refractivity contribution >= 4 is 23.6 Å². The molecule has 0 aliphatic carbocycles. The first-order valence-electron chi connectivity index (χ1n) is 10.8. The van der Waals surface area contributed by atoms with Crippen LogP contribution in [0.2, 0.25) is 0 Å². The summed E-state index contributed by atoms with van der Waals surface area (Å²) in [5, 5.41) is 0. The Labute approximate surface area is 191 Å². The van der Waals surface area contributed by atoms with Gasteiger partial charge in [0, 0.05) is 0 Å². The molecule has 0 fully saturated rings. The molecule has 175 valence electrons. The number of hydrogen-bond acceptors (Lipinski definition) is 10. The zero-order valence-electron chi connectivity index (χ0n) is 18.6. The molecular weight excluding hydrogens is 578 g/mol. The Morgan fingerprint density at radius 3 is 0.903 bits per heavy atom. The quantitative estimate of drug-likeness (QED) is 0.456. The molecular formula is C20H32N4O6Re. The van der Waals surface area contributed by atoms with Gasteiger partial charge in [0.15, 0.2) is 0 Å². The topological polar surface area (TPSA) is 120 Å². The molecule has 31 heavy (non-hydrogen) atoms. The summed E-state index contributed by atoms with van der Waals surface area (Å²) in [6, 6.07) is 1.16. The fourth-order valence-electron chi connectivity index (χ4n) is 2.97. The van der Waals surface area contributed by atoms with Crippen molar-refractivity contribution < 1.29 is 43.8 Å². The van der Waals surface area contributed by atoms with E-state index in [-0.39, 0.29) is 24.2 Å². The van der Waals surface area contributed by atoms with Crippen molar-refractivity contribution in [2.24, 2.45) is 20.0 Å². The van der Waals surface area contributed by atoms with Crippen LogP contribution in [0, 0.1) is 0 Å². The van der Waals surface area contributed by atoms with Crippen LogP contribution in [0.3, 0.4) is 0 Å². The van der Waals surface area contributed by atoms with Crippen molar-refractivity contribution in [1.29, 1.82) is 0 Å². The molecule has 0 saturated carbocycles. The fourth-order valence-corrected chi connectivity index (χ4v) is 2.97. The van der Waals surface area contributed by atoms with E-state index in [2.05, 4.69) is 47.7 Å². The first-order chi connectivity index (χ1) is 15.1. The van der Waals surface area contributed by atoms with Gasteiger partial charge in [0.05, 0.1) is 24.2 Å². The molecule has 0 N–H and O–H groups in total. The Morgan fingerprint density at radius 2 is 0.774 bits per heavy atom. The third-order valence-electron chi connectivity index (χ3n) is 5.10. The van der Waals surface area contributed by atoms with Crippen LogP contribution >= 0.6 is 0 Å². The predicted molar refractivity (Wildman–Crippen MR) is 111 cm³/mol. The van der Waals surface area contributed by atoms with Gasteiger partial charge in [0.25, 0.3) is 23.6 Å². The predicted octanol–water partition coefficient (Wildman–Crippen LogP) is 2.56. The van der Waals surface area contributed by atoms with E-state index >= 15 is 0 Å². The first kappa shape index (κ1) is 25.4. The summed E-state index contributed by atoms with van der Waals surface area (Å²) < 4.78 is 38.8. The van der Waals surface area contributed by atoms with Crippen molar-refractivity contribution in [2.75, 3.05) is 26.4 Å². The van der Waals surface area contributed by atoms with Gasteiger partial charge in [-0.15, -0.1) is 0 Å². The van der Waals surface area contributed by atoms with Gasteiger partial charge in [0.2, 0.25) is 0 Å². The number of nitrogens with zero attached hydrogens (tertiary/aromatic N) is 4. The molecule has 4 rings (SSSR count). The van der Waals surface area contributed by atoms with E-state index in [1.807, 2.05) is 0 Å². The van der Waals surface area contributed by atoms with Crippen molar-refractivity contribution in [3.63, 3.8) is 0 Å². The minimum atomic E-state index is -2.17. The molecule has 0 aromatic rings. The van der Waals surface area contributed by atoms with Gasteiger partial charge in [-0.3, -0.25) is 0 Å². The Hall–Kier alpha value is -1.86. The summed E-state index contributed by atoms with van der Waals surface area (Å²) in [4.78, 5) is 17.6. The summed E-state index contributed by atoms with van der Waals surface area (Å²) in [5.41, 5.74) is 0. The van der Waals surface area contributed by atoms with Crippen molar-refractivity contribution in [3.05, 3.63) is 0 Å². The van der Waals surface area contributed by atoms with E-state index in [4.69, 9.17) is 25.9 Å². The summed E-state index contributed by atoms with van der Waals surface area (Å²) in [6.45, 7) is 11.1. The van der Waals surface area contributed by atoms with E-state index in [9.17, 15) is 0 Å². The normalized spacial score (nSPS) is 28.1. The number of rotatable bonds is 6. The molecule has 11 heteroatoms. The van der Waals surface area contributed by atoms with Crippen LogP contribution in [0.4, 0.5) is 0 Å². The molecule has 0 spiro atoms. The van der Waals surface area contributed by atoms with Gasteiger partial charge in [-0.25, -0.2) is 20.0 Å². The van der Waals surface area contributed by atoms with Crippen LogP contribution < -0.4 is 0 Å². The average Bonchev–Trinajstić information content (AvgIpc) is 3.59. The molecule has 0 aromatic heterocycles.